The molecule has 6 heteroatoms. The monoisotopic (exact) mass is 290 g/mol. The second-order valence-corrected chi connectivity index (χ2v) is 6.76. The van der Waals surface area contributed by atoms with Crippen molar-refractivity contribution in [2.75, 3.05) is 11.5 Å². The number of hydrogen-bond donors (Lipinski definition) is 0. The molecule has 0 amide bonds. The Morgan fingerprint density at radius 3 is 2.53 bits per heavy atom. The summed E-state index contributed by atoms with van der Waals surface area (Å²) in [4.78, 5) is 11.6. The van der Waals surface area contributed by atoms with Crippen LogP contribution in [0.4, 0.5) is 8.78 Å². The Kier molecular flexibility index (Phi) is 5.60. The van der Waals surface area contributed by atoms with Crippen molar-refractivity contribution < 1.29 is 22.0 Å². The third-order valence-electron chi connectivity index (χ3n) is 2.75. The van der Waals surface area contributed by atoms with Gasteiger partial charge in [-0.3, -0.25) is 4.79 Å². The summed E-state index contributed by atoms with van der Waals surface area (Å²) in [6, 6.07) is 3.04. The van der Waals surface area contributed by atoms with E-state index < -0.39 is 21.5 Å². The molecule has 0 aromatic heterocycles. The van der Waals surface area contributed by atoms with Crippen molar-refractivity contribution in [3.05, 3.63) is 35.4 Å². The van der Waals surface area contributed by atoms with Gasteiger partial charge in [0.1, 0.15) is 27.3 Å². The molecule has 0 saturated heterocycles. The van der Waals surface area contributed by atoms with Gasteiger partial charge in [-0.25, -0.2) is 17.2 Å². The normalized spacial score (nSPS) is 11.5. The lowest BCUT2D eigenvalue weighted by atomic mass is 10.1. The van der Waals surface area contributed by atoms with E-state index in [0.717, 1.165) is 12.1 Å². The largest absolute Gasteiger partial charge is 0.299 e. The van der Waals surface area contributed by atoms with Crippen molar-refractivity contribution in [1.82, 2.24) is 0 Å². The van der Waals surface area contributed by atoms with Crippen LogP contribution in [0.3, 0.4) is 0 Å². The van der Waals surface area contributed by atoms with Crippen LogP contribution in [0.2, 0.25) is 0 Å². The molecule has 0 unspecified atom stereocenters. The zero-order valence-electron chi connectivity index (χ0n) is 10.7. The molecular formula is C13H16F2O3S. The van der Waals surface area contributed by atoms with Crippen LogP contribution < -0.4 is 0 Å². The predicted octanol–water partition coefficient (Wildman–Crippen LogP) is 2.29. The van der Waals surface area contributed by atoms with E-state index in [2.05, 4.69) is 0 Å². The van der Waals surface area contributed by atoms with Crippen LogP contribution in [0.25, 0.3) is 0 Å². The molecule has 0 N–H and O–H groups in total. The number of benzene rings is 1. The van der Waals surface area contributed by atoms with Crippen LogP contribution in [-0.2, 0) is 21.1 Å². The zero-order chi connectivity index (χ0) is 14.5. The van der Waals surface area contributed by atoms with E-state index in [1.165, 1.54) is 6.07 Å². The Bertz CT molecular complexity index is 553. The third kappa shape index (κ3) is 5.46. The average molecular weight is 290 g/mol. The number of sulfone groups is 1. The van der Waals surface area contributed by atoms with Gasteiger partial charge in [0.15, 0.2) is 0 Å². The molecule has 0 fully saturated rings. The number of Topliss-reactive ketones (excluding diaryl/α,β-unsaturated/α-hetero) is 1. The third-order valence-corrected chi connectivity index (χ3v) is 4.54. The van der Waals surface area contributed by atoms with Crippen LogP contribution in [0.15, 0.2) is 18.2 Å². The Morgan fingerprint density at radius 1 is 1.26 bits per heavy atom. The van der Waals surface area contributed by atoms with Gasteiger partial charge < -0.3 is 0 Å². The highest BCUT2D eigenvalue weighted by molar-refractivity contribution is 7.91. The summed E-state index contributed by atoms with van der Waals surface area (Å²) in [5.41, 5.74) is 0.129. The number of hydrogen-bond acceptors (Lipinski definition) is 3. The smallest absolute Gasteiger partial charge is 0.150 e. The standard InChI is InChI=1S/C13H16F2O3S/c1-2-19(17,18)7-3-4-12(16)8-10-5-6-11(14)9-13(10)15/h5-6,9H,2-4,7-8H2,1H3. The van der Waals surface area contributed by atoms with Gasteiger partial charge in [0, 0.05) is 24.7 Å². The number of ketones is 1. The highest BCUT2D eigenvalue weighted by Crippen LogP contribution is 2.12. The van der Waals surface area contributed by atoms with Crippen molar-refractivity contribution >= 4 is 15.6 Å². The maximum absolute atomic E-state index is 13.3. The first kappa shape index (κ1) is 15.8. The van der Waals surface area contributed by atoms with Crippen LogP contribution in [0.5, 0.6) is 0 Å². The van der Waals surface area contributed by atoms with Gasteiger partial charge in [0.2, 0.25) is 0 Å². The highest BCUT2D eigenvalue weighted by Gasteiger charge is 2.12. The van der Waals surface area contributed by atoms with Crippen molar-refractivity contribution in [2.24, 2.45) is 0 Å². The molecule has 1 rings (SSSR count). The Labute approximate surface area is 111 Å². The molecule has 0 radical (unpaired) electrons. The SMILES string of the molecule is CCS(=O)(=O)CCCC(=O)Cc1ccc(F)cc1F. The van der Waals surface area contributed by atoms with E-state index in [0.29, 0.717) is 0 Å². The number of halogens is 2. The van der Waals surface area contributed by atoms with Gasteiger partial charge in [-0.15, -0.1) is 0 Å². The summed E-state index contributed by atoms with van der Waals surface area (Å²) in [5.74, 6) is -1.69. The first-order valence-electron chi connectivity index (χ1n) is 6.00. The first-order valence-corrected chi connectivity index (χ1v) is 7.82. The Morgan fingerprint density at radius 2 is 1.95 bits per heavy atom. The minimum absolute atomic E-state index is 0.0405. The van der Waals surface area contributed by atoms with E-state index in [4.69, 9.17) is 0 Å². The predicted molar refractivity (Wildman–Crippen MR) is 68.6 cm³/mol. The highest BCUT2D eigenvalue weighted by atomic mass is 32.2. The van der Waals surface area contributed by atoms with Crippen LogP contribution >= 0.6 is 0 Å². The van der Waals surface area contributed by atoms with Gasteiger partial charge >= 0.3 is 0 Å². The summed E-state index contributed by atoms with van der Waals surface area (Å²) in [6.07, 6.45) is 0.173. The average Bonchev–Trinajstić information content (AvgIpc) is 2.32. The van der Waals surface area contributed by atoms with E-state index >= 15 is 0 Å². The lowest BCUT2D eigenvalue weighted by Gasteiger charge is -2.03. The number of rotatable bonds is 7. The van der Waals surface area contributed by atoms with Gasteiger partial charge in [-0.1, -0.05) is 13.0 Å². The molecule has 0 aliphatic heterocycles. The molecule has 0 heterocycles. The van der Waals surface area contributed by atoms with Gasteiger partial charge in [-0.05, 0) is 18.1 Å². The second kappa shape index (κ2) is 6.75. The Hall–Kier alpha value is -1.30. The Balaban J connectivity index is 2.48. The van der Waals surface area contributed by atoms with Crippen molar-refractivity contribution in [2.45, 2.75) is 26.2 Å². The molecule has 106 valence electrons. The molecule has 0 bridgehead atoms. The lowest BCUT2D eigenvalue weighted by molar-refractivity contribution is -0.118. The molecule has 0 saturated carbocycles. The molecule has 1 aromatic carbocycles. The molecule has 0 aliphatic carbocycles. The minimum Gasteiger partial charge on any atom is -0.299 e. The summed E-state index contributed by atoms with van der Waals surface area (Å²) in [5, 5.41) is 0. The second-order valence-electron chi connectivity index (χ2n) is 4.29. The fourth-order valence-corrected chi connectivity index (χ4v) is 2.47. The molecule has 3 nitrogen and oxygen atoms in total. The molecule has 0 atom stereocenters. The van der Waals surface area contributed by atoms with Crippen molar-refractivity contribution in [1.29, 1.82) is 0 Å². The molecule has 0 aliphatic rings. The van der Waals surface area contributed by atoms with E-state index in [9.17, 15) is 22.0 Å². The fourth-order valence-electron chi connectivity index (χ4n) is 1.60. The molecule has 0 spiro atoms. The summed E-state index contributed by atoms with van der Waals surface area (Å²) < 4.78 is 48.4. The fraction of sp³-hybridized carbons (Fsp3) is 0.462. The van der Waals surface area contributed by atoms with Gasteiger partial charge in [0.05, 0.1) is 5.75 Å². The zero-order valence-corrected chi connectivity index (χ0v) is 11.5. The number of carbonyl (C=O) groups is 1. The van der Waals surface area contributed by atoms with Crippen LogP contribution in [0, 0.1) is 11.6 Å². The van der Waals surface area contributed by atoms with Gasteiger partial charge in [0.25, 0.3) is 0 Å². The summed E-state index contributed by atoms with van der Waals surface area (Å²) in [7, 11) is -3.08. The minimum atomic E-state index is -3.08. The van der Waals surface area contributed by atoms with E-state index in [1.54, 1.807) is 6.92 Å². The summed E-state index contributed by atoms with van der Waals surface area (Å²) in [6.45, 7) is 1.55. The maximum atomic E-state index is 13.3. The topological polar surface area (TPSA) is 51.2 Å². The van der Waals surface area contributed by atoms with Crippen LogP contribution in [0.1, 0.15) is 25.3 Å². The van der Waals surface area contributed by atoms with Crippen molar-refractivity contribution in [3.63, 3.8) is 0 Å². The molecule has 19 heavy (non-hydrogen) atoms. The lowest BCUT2D eigenvalue weighted by Crippen LogP contribution is -2.11. The van der Waals surface area contributed by atoms with Gasteiger partial charge in [-0.2, -0.15) is 0 Å². The summed E-state index contributed by atoms with van der Waals surface area (Å²) >= 11 is 0. The van der Waals surface area contributed by atoms with E-state index in [-0.39, 0.29) is 42.1 Å². The maximum Gasteiger partial charge on any atom is 0.150 e. The number of carbonyl (C=O) groups excluding carboxylic acids is 1. The molecular weight excluding hydrogens is 274 g/mol. The van der Waals surface area contributed by atoms with Crippen molar-refractivity contribution in [3.8, 4) is 0 Å². The quantitative estimate of drug-likeness (QED) is 0.774. The van der Waals surface area contributed by atoms with E-state index in [1.807, 2.05) is 0 Å². The molecule has 1 aromatic rings. The first-order chi connectivity index (χ1) is 8.84. The van der Waals surface area contributed by atoms with Crippen LogP contribution in [-0.4, -0.2) is 25.7 Å².